The van der Waals surface area contributed by atoms with Gasteiger partial charge in [0.2, 0.25) is 0 Å². The molecule has 2 N–H and O–H groups in total. The van der Waals surface area contributed by atoms with Crippen molar-refractivity contribution >= 4 is 16.3 Å². The maximum Gasteiger partial charge on any atom is 0.114 e. The summed E-state index contributed by atoms with van der Waals surface area (Å²) in [5.74, 6) is 0. The Morgan fingerprint density at radius 2 is 2.24 bits per heavy atom. The van der Waals surface area contributed by atoms with Crippen molar-refractivity contribution in [3.63, 3.8) is 0 Å². The Hall–Kier alpha value is -1.36. The largest absolute Gasteiger partial charge is 0.389 e. The fraction of sp³-hybridized carbons (Fsp3) is 0.500. The van der Waals surface area contributed by atoms with Gasteiger partial charge in [0.15, 0.2) is 0 Å². The topological polar surface area (TPSA) is 56.7 Å². The van der Waals surface area contributed by atoms with Crippen LogP contribution in [0.4, 0.5) is 5.00 Å². The van der Waals surface area contributed by atoms with E-state index >= 15 is 0 Å². The molecule has 0 amide bonds. The third kappa shape index (κ3) is 2.49. The van der Waals surface area contributed by atoms with Gasteiger partial charge in [-0.25, -0.2) is 4.98 Å². The molecule has 2 rings (SSSR count). The maximum atomic E-state index is 6.01. The van der Waals surface area contributed by atoms with E-state index in [1.807, 2.05) is 17.1 Å². The number of nitrogen functional groups attached to an aromatic ring is 1. The minimum Gasteiger partial charge on any atom is -0.389 e. The quantitative estimate of drug-likeness (QED) is 0.907. The van der Waals surface area contributed by atoms with Crippen LogP contribution in [0.2, 0.25) is 0 Å². The number of rotatable bonds is 4. The van der Waals surface area contributed by atoms with Crippen molar-refractivity contribution in [1.29, 1.82) is 0 Å². The van der Waals surface area contributed by atoms with Gasteiger partial charge >= 0.3 is 0 Å². The van der Waals surface area contributed by atoms with Gasteiger partial charge in [-0.2, -0.15) is 5.10 Å². The summed E-state index contributed by atoms with van der Waals surface area (Å²) in [5.41, 5.74) is 7.90. The molecule has 2 heterocycles. The van der Waals surface area contributed by atoms with Crippen LogP contribution in [0.1, 0.15) is 38.2 Å². The first-order valence-corrected chi connectivity index (χ1v) is 6.73. The Bertz CT molecular complexity index is 498. The number of thiazole rings is 1. The van der Waals surface area contributed by atoms with Crippen LogP contribution >= 0.6 is 11.3 Å². The normalized spacial score (nSPS) is 11.3. The second kappa shape index (κ2) is 4.87. The summed E-state index contributed by atoms with van der Waals surface area (Å²) >= 11 is 1.58. The van der Waals surface area contributed by atoms with Gasteiger partial charge in [0.25, 0.3) is 0 Å². The van der Waals surface area contributed by atoms with Crippen LogP contribution in [-0.4, -0.2) is 14.8 Å². The molecule has 0 aliphatic heterocycles. The van der Waals surface area contributed by atoms with Crippen LogP contribution in [0.5, 0.6) is 0 Å². The molecular weight excluding hydrogens is 232 g/mol. The van der Waals surface area contributed by atoms with Crippen LogP contribution < -0.4 is 5.73 Å². The summed E-state index contributed by atoms with van der Waals surface area (Å²) in [6, 6.07) is 0.360. The molecule has 0 radical (unpaired) electrons. The molecule has 17 heavy (non-hydrogen) atoms. The molecule has 0 atom stereocenters. The molecule has 2 aromatic heterocycles. The Balaban J connectivity index is 2.31. The summed E-state index contributed by atoms with van der Waals surface area (Å²) in [4.78, 5) is 4.58. The Morgan fingerprint density at radius 1 is 1.47 bits per heavy atom. The van der Waals surface area contributed by atoms with Crippen molar-refractivity contribution < 1.29 is 0 Å². The number of anilines is 1. The van der Waals surface area contributed by atoms with Gasteiger partial charge in [-0.1, -0.05) is 6.92 Å². The Kier molecular flexibility index (Phi) is 3.47. The number of hydrogen-bond acceptors (Lipinski definition) is 4. The van der Waals surface area contributed by atoms with Crippen LogP contribution in [0.25, 0.3) is 11.3 Å². The Morgan fingerprint density at radius 3 is 2.82 bits per heavy atom. The van der Waals surface area contributed by atoms with Crippen molar-refractivity contribution in [2.75, 3.05) is 5.73 Å². The number of aryl methyl sites for hydroxylation is 1. The molecule has 0 bridgehead atoms. The van der Waals surface area contributed by atoms with Gasteiger partial charge in [0, 0.05) is 17.8 Å². The summed E-state index contributed by atoms with van der Waals surface area (Å²) < 4.78 is 1.92. The Labute approximate surface area is 105 Å². The van der Waals surface area contributed by atoms with Crippen molar-refractivity contribution in [3.8, 4) is 11.3 Å². The molecule has 0 saturated carbocycles. The van der Waals surface area contributed by atoms with E-state index in [2.05, 4.69) is 30.9 Å². The van der Waals surface area contributed by atoms with Crippen LogP contribution in [0.3, 0.4) is 0 Å². The molecule has 0 fully saturated rings. The van der Waals surface area contributed by atoms with Crippen molar-refractivity contribution in [2.45, 2.75) is 39.7 Å². The molecule has 0 spiro atoms. The minimum absolute atomic E-state index is 0.360. The fourth-order valence-electron chi connectivity index (χ4n) is 1.65. The van der Waals surface area contributed by atoms with E-state index in [9.17, 15) is 0 Å². The highest BCUT2D eigenvalue weighted by atomic mass is 32.1. The third-order valence-corrected chi connectivity index (χ3v) is 3.51. The first-order valence-electron chi connectivity index (χ1n) is 5.91. The molecule has 0 saturated heterocycles. The number of hydrogen-bond donors (Lipinski definition) is 1. The SMILES string of the molecule is CCCc1nc(-c2cnn(C(C)C)c2)c(N)s1. The van der Waals surface area contributed by atoms with Gasteiger partial charge in [-0.3, -0.25) is 4.68 Å². The molecule has 5 heteroatoms. The van der Waals surface area contributed by atoms with Crippen molar-refractivity contribution in [2.24, 2.45) is 0 Å². The van der Waals surface area contributed by atoms with E-state index in [0.717, 1.165) is 34.1 Å². The zero-order chi connectivity index (χ0) is 12.4. The predicted molar refractivity (Wildman–Crippen MR) is 72.1 cm³/mol. The third-order valence-electron chi connectivity index (χ3n) is 2.57. The second-order valence-corrected chi connectivity index (χ2v) is 5.49. The lowest BCUT2D eigenvalue weighted by Gasteiger charge is -2.02. The standard InChI is InChI=1S/C12H18N4S/c1-4-5-10-15-11(12(13)17-10)9-6-14-16(7-9)8(2)3/h6-8H,4-5,13H2,1-3H3. The fourth-order valence-corrected chi connectivity index (χ4v) is 2.61. The first kappa shape index (κ1) is 12.1. The highest BCUT2D eigenvalue weighted by Crippen LogP contribution is 2.31. The van der Waals surface area contributed by atoms with E-state index in [0.29, 0.717) is 6.04 Å². The van der Waals surface area contributed by atoms with E-state index in [1.54, 1.807) is 11.3 Å². The highest BCUT2D eigenvalue weighted by molar-refractivity contribution is 7.16. The first-order chi connectivity index (χ1) is 8.11. The maximum absolute atomic E-state index is 6.01. The number of aromatic nitrogens is 3. The predicted octanol–water partition coefficient (Wildman–Crippen LogP) is 3.12. The van der Waals surface area contributed by atoms with Gasteiger partial charge in [0.1, 0.15) is 10.7 Å². The molecule has 0 aliphatic rings. The monoisotopic (exact) mass is 250 g/mol. The molecule has 4 nitrogen and oxygen atoms in total. The van der Waals surface area contributed by atoms with Crippen LogP contribution in [-0.2, 0) is 6.42 Å². The van der Waals surface area contributed by atoms with Crippen molar-refractivity contribution in [3.05, 3.63) is 17.4 Å². The van der Waals surface area contributed by atoms with Gasteiger partial charge in [-0.15, -0.1) is 11.3 Å². The van der Waals surface area contributed by atoms with Gasteiger partial charge in [0.05, 0.1) is 11.2 Å². The summed E-state index contributed by atoms with van der Waals surface area (Å²) in [6.45, 7) is 6.35. The average molecular weight is 250 g/mol. The lowest BCUT2D eigenvalue weighted by atomic mass is 10.2. The number of nitrogens with two attached hydrogens (primary N) is 1. The summed E-state index contributed by atoms with van der Waals surface area (Å²) in [6.07, 6.45) is 5.93. The second-order valence-electron chi connectivity index (χ2n) is 4.37. The molecule has 2 aromatic rings. The summed E-state index contributed by atoms with van der Waals surface area (Å²) in [7, 11) is 0. The molecular formula is C12H18N4S. The van der Waals surface area contributed by atoms with Gasteiger partial charge < -0.3 is 5.73 Å². The zero-order valence-corrected chi connectivity index (χ0v) is 11.3. The lowest BCUT2D eigenvalue weighted by molar-refractivity contribution is 0.532. The van der Waals surface area contributed by atoms with Crippen molar-refractivity contribution in [1.82, 2.24) is 14.8 Å². The molecule has 0 unspecified atom stereocenters. The zero-order valence-electron chi connectivity index (χ0n) is 10.5. The minimum atomic E-state index is 0.360. The average Bonchev–Trinajstić information content (AvgIpc) is 2.85. The van der Waals surface area contributed by atoms with E-state index in [-0.39, 0.29) is 0 Å². The highest BCUT2D eigenvalue weighted by Gasteiger charge is 2.12. The summed E-state index contributed by atoms with van der Waals surface area (Å²) in [5, 5.41) is 6.21. The van der Waals surface area contributed by atoms with E-state index < -0.39 is 0 Å². The van der Waals surface area contributed by atoms with E-state index in [4.69, 9.17) is 5.73 Å². The van der Waals surface area contributed by atoms with E-state index in [1.165, 1.54) is 0 Å². The number of nitrogens with zero attached hydrogens (tertiary/aromatic N) is 3. The molecule has 0 aliphatic carbocycles. The molecule has 0 aromatic carbocycles. The van der Waals surface area contributed by atoms with Crippen LogP contribution in [0, 0.1) is 0 Å². The smallest absolute Gasteiger partial charge is 0.114 e. The van der Waals surface area contributed by atoms with Crippen LogP contribution in [0.15, 0.2) is 12.4 Å². The van der Waals surface area contributed by atoms with Gasteiger partial charge in [-0.05, 0) is 26.7 Å². The lowest BCUT2D eigenvalue weighted by Crippen LogP contribution is -1.99. The molecule has 92 valence electrons.